The highest BCUT2D eigenvalue weighted by Gasteiger charge is 2.44. The average molecular weight is 429 g/mol. The molecule has 6 heteroatoms. The van der Waals surface area contributed by atoms with Crippen LogP contribution in [0.1, 0.15) is 46.8 Å². The van der Waals surface area contributed by atoms with Gasteiger partial charge < -0.3 is 0 Å². The first kappa shape index (κ1) is 20.2. The molecule has 0 saturated heterocycles. The predicted octanol–water partition coefficient (Wildman–Crippen LogP) is 5.80. The van der Waals surface area contributed by atoms with E-state index < -0.39 is 0 Å². The molecule has 1 saturated carbocycles. The molecule has 0 radical (unpaired) electrons. The SMILES string of the molecule is O=C(c1cccnc1)N1N=C2/C(=C/c3ccc(F)cc3)CCC[C@H]2[C@@H]1c1ccc(F)cc1. The van der Waals surface area contributed by atoms with Crippen LogP contribution in [0.5, 0.6) is 0 Å². The van der Waals surface area contributed by atoms with Gasteiger partial charge in [0.15, 0.2) is 0 Å². The maximum Gasteiger partial charge on any atom is 0.276 e. The number of benzene rings is 2. The highest BCUT2D eigenvalue weighted by atomic mass is 19.1. The number of nitrogens with zero attached hydrogens (tertiary/aromatic N) is 3. The Kier molecular flexibility index (Phi) is 5.35. The zero-order valence-corrected chi connectivity index (χ0v) is 17.3. The molecule has 160 valence electrons. The van der Waals surface area contributed by atoms with Gasteiger partial charge in [-0.15, -0.1) is 0 Å². The second-order valence-electron chi connectivity index (χ2n) is 8.09. The van der Waals surface area contributed by atoms with Gasteiger partial charge in [-0.2, -0.15) is 5.10 Å². The lowest BCUT2D eigenvalue weighted by Gasteiger charge is -2.29. The highest BCUT2D eigenvalue weighted by Crippen LogP contribution is 2.44. The van der Waals surface area contributed by atoms with Gasteiger partial charge in [-0.3, -0.25) is 9.78 Å². The fourth-order valence-corrected chi connectivity index (χ4v) is 4.54. The van der Waals surface area contributed by atoms with Crippen LogP contribution >= 0.6 is 0 Å². The van der Waals surface area contributed by atoms with E-state index in [0.717, 1.165) is 41.7 Å². The number of carbonyl (C=O) groups excluding carboxylic acids is 1. The maximum atomic E-state index is 13.6. The van der Waals surface area contributed by atoms with Crippen LogP contribution in [0.3, 0.4) is 0 Å². The molecule has 0 unspecified atom stereocenters. The molecule has 1 fully saturated rings. The zero-order chi connectivity index (χ0) is 22.1. The normalized spacial score (nSPS) is 21.4. The summed E-state index contributed by atoms with van der Waals surface area (Å²) in [6.45, 7) is 0. The molecule has 2 aliphatic rings. The van der Waals surface area contributed by atoms with Crippen LogP contribution in [0.2, 0.25) is 0 Å². The third-order valence-corrected chi connectivity index (χ3v) is 6.04. The minimum absolute atomic E-state index is 0.00142. The average Bonchev–Trinajstić information content (AvgIpc) is 3.22. The Labute approximate surface area is 184 Å². The molecular weight excluding hydrogens is 408 g/mol. The van der Waals surface area contributed by atoms with Crippen molar-refractivity contribution in [1.82, 2.24) is 9.99 Å². The van der Waals surface area contributed by atoms with Crippen LogP contribution in [0.15, 0.2) is 83.7 Å². The van der Waals surface area contributed by atoms with E-state index in [1.54, 1.807) is 42.6 Å². The second-order valence-corrected chi connectivity index (χ2v) is 8.09. The van der Waals surface area contributed by atoms with E-state index in [0.29, 0.717) is 5.56 Å². The highest BCUT2D eigenvalue weighted by molar-refractivity contribution is 6.09. The van der Waals surface area contributed by atoms with E-state index in [9.17, 15) is 13.6 Å². The molecule has 2 atom stereocenters. The molecule has 1 aromatic heterocycles. The van der Waals surface area contributed by atoms with Crippen molar-refractivity contribution in [2.24, 2.45) is 11.0 Å². The third kappa shape index (κ3) is 3.84. The summed E-state index contributed by atoms with van der Waals surface area (Å²) in [7, 11) is 0. The molecule has 2 aromatic carbocycles. The van der Waals surface area contributed by atoms with Gasteiger partial charge in [0.2, 0.25) is 0 Å². The van der Waals surface area contributed by atoms with Gasteiger partial charge in [0, 0.05) is 18.3 Å². The lowest BCUT2D eigenvalue weighted by atomic mass is 9.77. The Hall–Kier alpha value is -3.67. The number of fused-ring (bicyclic) bond motifs is 1. The van der Waals surface area contributed by atoms with E-state index in [1.807, 2.05) is 6.08 Å². The Balaban J connectivity index is 1.57. The van der Waals surface area contributed by atoms with E-state index in [2.05, 4.69) is 4.98 Å². The molecular formula is C26H21F2N3O. The predicted molar refractivity (Wildman–Crippen MR) is 119 cm³/mol. The van der Waals surface area contributed by atoms with Crippen molar-refractivity contribution in [3.63, 3.8) is 0 Å². The van der Waals surface area contributed by atoms with Gasteiger partial charge in [0.05, 0.1) is 17.3 Å². The largest absolute Gasteiger partial charge is 0.276 e. The molecule has 4 nitrogen and oxygen atoms in total. The number of hydrogen-bond donors (Lipinski definition) is 0. The van der Waals surface area contributed by atoms with Crippen molar-refractivity contribution in [3.8, 4) is 0 Å². The summed E-state index contributed by atoms with van der Waals surface area (Å²) in [6, 6.07) is 15.7. The number of pyridine rings is 1. The van der Waals surface area contributed by atoms with E-state index >= 15 is 0 Å². The van der Waals surface area contributed by atoms with Crippen molar-refractivity contribution in [2.75, 3.05) is 0 Å². The second kappa shape index (κ2) is 8.46. The molecule has 1 amide bonds. The lowest BCUT2D eigenvalue weighted by molar-refractivity contribution is 0.0680. The van der Waals surface area contributed by atoms with Crippen LogP contribution in [0.4, 0.5) is 8.78 Å². The number of aromatic nitrogens is 1. The summed E-state index contributed by atoms with van der Waals surface area (Å²) >= 11 is 0. The number of hydrazone groups is 1. The van der Waals surface area contributed by atoms with E-state index in [1.165, 1.54) is 35.5 Å². The summed E-state index contributed by atoms with van der Waals surface area (Å²) in [5, 5.41) is 6.32. The fraction of sp³-hybridized carbons (Fsp3) is 0.192. The molecule has 0 N–H and O–H groups in total. The van der Waals surface area contributed by atoms with Crippen LogP contribution in [-0.2, 0) is 0 Å². The lowest BCUT2D eigenvalue weighted by Crippen LogP contribution is -2.32. The topological polar surface area (TPSA) is 45.6 Å². The standard InChI is InChI=1S/C26H21F2N3O/c27-21-10-6-17(7-11-21)15-19-3-1-5-23-24(19)30-31(26(32)20-4-2-14-29-16-20)25(23)18-8-12-22(28)13-9-18/h2,4,6-16,23,25H,1,3,5H2/b19-15+/t23-,25+/m1/s1. The Morgan fingerprint density at radius 2 is 1.72 bits per heavy atom. The van der Waals surface area contributed by atoms with Crippen molar-refractivity contribution < 1.29 is 13.6 Å². The maximum absolute atomic E-state index is 13.6. The van der Waals surface area contributed by atoms with Crippen LogP contribution in [0, 0.1) is 17.6 Å². The van der Waals surface area contributed by atoms with Crippen molar-refractivity contribution in [3.05, 3.63) is 107 Å². The minimum atomic E-state index is -0.324. The first-order chi connectivity index (χ1) is 15.6. The Morgan fingerprint density at radius 3 is 2.41 bits per heavy atom. The zero-order valence-electron chi connectivity index (χ0n) is 17.3. The molecule has 5 rings (SSSR count). The summed E-state index contributed by atoms with van der Waals surface area (Å²) in [5.74, 6) is -0.841. The van der Waals surface area contributed by atoms with Gasteiger partial charge in [-0.05, 0) is 78.4 Å². The number of allylic oxidation sites excluding steroid dienone is 1. The molecule has 1 aliphatic carbocycles. The molecule has 0 bridgehead atoms. The van der Waals surface area contributed by atoms with Crippen molar-refractivity contribution in [1.29, 1.82) is 0 Å². The molecule has 2 heterocycles. The van der Waals surface area contributed by atoms with E-state index in [-0.39, 0.29) is 29.5 Å². The van der Waals surface area contributed by atoms with E-state index in [4.69, 9.17) is 5.10 Å². The smallest absolute Gasteiger partial charge is 0.267 e. The number of hydrogen-bond acceptors (Lipinski definition) is 3. The number of amides is 1. The van der Waals surface area contributed by atoms with Crippen LogP contribution in [0.25, 0.3) is 6.08 Å². The molecule has 1 aliphatic heterocycles. The summed E-state index contributed by atoms with van der Waals surface area (Å²) in [4.78, 5) is 17.5. The first-order valence-electron chi connectivity index (χ1n) is 10.6. The molecule has 0 spiro atoms. The Bertz CT molecular complexity index is 1190. The summed E-state index contributed by atoms with van der Waals surface area (Å²) in [6.07, 6.45) is 7.82. The van der Waals surface area contributed by atoms with Crippen molar-refractivity contribution >= 4 is 17.7 Å². The van der Waals surface area contributed by atoms with Gasteiger partial charge >= 0.3 is 0 Å². The minimum Gasteiger partial charge on any atom is -0.267 e. The van der Waals surface area contributed by atoms with Gasteiger partial charge in [0.1, 0.15) is 11.6 Å². The summed E-state index contributed by atoms with van der Waals surface area (Å²) in [5.41, 5.74) is 4.09. The number of rotatable bonds is 3. The fourth-order valence-electron chi connectivity index (χ4n) is 4.54. The van der Waals surface area contributed by atoms with Crippen LogP contribution < -0.4 is 0 Å². The van der Waals surface area contributed by atoms with Gasteiger partial charge in [0.25, 0.3) is 5.91 Å². The van der Waals surface area contributed by atoms with Crippen molar-refractivity contribution in [2.45, 2.75) is 25.3 Å². The van der Waals surface area contributed by atoms with Crippen LogP contribution in [-0.4, -0.2) is 21.6 Å². The monoisotopic (exact) mass is 429 g/mol. The third-order valence-electron chi connectivity index (χ3n) is 6.04. The first-order valence-corrected chi connectivity index (χ1v) is 10.6. The Morgan fingerprint density at radius 1 is 1.00 bits per heavy atom. The van der Waals surface area contributed by atoms with Gasteiger partial charge in [-0.1, -0.05) is 24.3 Å². The molecule has 3 aromatic rings. The van der Waals surface area contributed by atoms with Gasteiger partial charge in [-0.25, -0.2) is 13.8 Å². The molecule has 32 heavy (non-hydrogen) atoms. The summed E-state index contributed by atoms with van der Waals surface area (Å²) < 4.78 is 26.9. The quantitative estimate of drug-likeness (QED) is 0.529. The number of halogens is 2. The number of carbonyl (C=O) groups is 1.